The third kappa shape index (κ3) is 2.38. The second-order valence-electron chi connectivity index (χ2n) is 7.02. The maximum atomic E-state index is 12.8. The zero-order valence-corrected chi connectivity index (χ0v) is 12.8. The lowest BCUT2D eigenvalue weighted by Gasteiger charge is -2.35. The summed E-state index contributed by atoms with van der Waals surface area (Å²) in [7, 11) is 1.99. The van der Waals surface area contributed by atoms with Gasteiger partial charge in [0.05, 0.1) is 0 Å². The highest BCUT2D eigenvalue weighted by atomic mass is 16.2. The van der Waals surface area contributed by atoms with Crippen LogP contribution in [0.2, 0.25) is 0 Å². The van der Waals surface area contributed by atoms with Crippen molar-refractivity contribution in [1.82, 2.24) is 10.2 Å². The third-order valence-electron chi connectivity index (χ3n) is 5.66. The summed E-state index contributed by atoms with van der Waals surface area (Å²) in [4.78, 5) is 14.8. The van der Waals surface area contributed by atoms with E-state index in [1.807, 2.05) is 18.0 Å². The molecule has 0 aromatic heterocycles. The average Bonchev–Trinajstić information content (AvgIpc) is 3.11. The van der Waals surface area contributed by atoms with E-state index in [0.29, 0.717) is 18.1 Å². The van der Waals surface area contributed by atoms with E-state index in [-0.39, 0.29) is 5.91 Å². The summed E-state index contributed by atoms with van der Waals surface area (Å²) < 4.78 is 0. The van der Waals surface area contributed by atoms with Crippen LogP contribution in [-0.4, -0.2) is 36.0 Å². The number of hydrogen-bond donors (Lipinski definition) is 1. The second kappa shape index (κ2) is 5.13. The smallest absolute Gasteiger partial charge is 0.253 e. The van der Waals surface area contributed by atoms with E-state index >= 15 is 0 Å². The Balaban J connectivity index is 1.51. The molecule has 3 aliphatic rings. The predicted octanol–water partition coefficient (Wildman–Crippen LogP) is 2.53. The molecule has 2 heterocycles. The van der Waals surface area contributed by atoms with Crippen LogP contribution in [0.15, 0.2) is 18.2 Å². The molecule has 1 amide bonds. The molecule has 3 heteroatoms. The van der Waals surface area contributed by atoms with Crippen LogP contribution in [0.4, 0.5) is 0 Å². The fraction of sp³-hybridized carbons (Fsp3) is 0.611. The fourth-order valence-electron chi connectivity index (χ4n) is 4.42. The fourth-order valence-corrected chi connectivity index (χ4v) is 4.42. The van der Waals surface area contributed by atoms with Crippen LogP contribution in [0, 0.1) is 0 Å². The minimum absolute atomic E-state index is 0.205. The molecule has 0 spiro atoms. The van der Waals surface area contributed by atoms with E-state index < -0.39 is 0 Å². The number of aryl methyl sites for hydroxylation is 2. The Morgan fingerprint density at radius 3 is 2.62 bits per heavy atom. The molecular weight excluding hydrogens is 260 g/mol. The van der Waals surface area contributed by atoms with E-state index in [4.69, 9.17) is 0 Å². The van der Waals surface area contributed by atoms with Crippen molar-refractivity contribution < 1.29 is 4.79 Å². The van der Waals surface area contributed by atoms with E-state index in [1.165, 1.54) is 36.8 Å². The number of piperidine rings is 1. The molecule has 2 fully saturated rings. The summed E-state index contributed by atoms with van der Waals surface area (Å²) >= 11 is 0. The minimum Gasteiger partial charge on any atom is -0.339 e. The number of fused-ring (bicyclic) bond motifs is 3. The summed E-state index contributed by atoms with van der Waals surface area (Å²) in [6.45, 7) is 0. The van der Waals surface area contributed by atoms with Crippen molar-refractivity contribution in [3.05, 3.63) is 34.9 Å². The van der Waals surface area contributed by atoms with Gasteiger partial charge in [-0.2, -0.15) is 0 Å². The molecule has 4 rings (SSSR count). The molecule has 0 saturated carbocycles. The van der Waals surface area contributed by atoms with Crippen molar-refractivity contribution >= 4 is 5.91 Å². The lowest BCUT2D eigenvalue weighted by molar-refractivity contribution is 0.0681. The van der Waals surface area contributed by atoms with Gasteiger partial charge in [-0.15, -0.1) is 0 Å². The molecule has 1 aliphatic carbocycles. The van der Waals surface area contributed by atoms with Gasteiger partial charge < -0.3 is 10.2 Å². The van der Waals surface area contributed by atoms with Crippen LogP contribution < -0.4 is 5.32 Å². The van der Waals surface area contributed by atoms with Crippen molar-refractivity contribution in [3.63, 3.8) is 0 Å². The van der Waals surface area contributed by atoms with Gasteiger partial charge in [-0.1, -0.05) is 6.07 Å². The van der Waals surface area contributed by atoms with E-state index in [0.717, 1.165) is 24.8 Å². The topological polar surface area (TPSA) is 32.3 Å². The summed E-state index contributed by atoms with van der Waals surface area (Å²) in [5, 5.41) is 3.65. The molecule has 3 nitrogen and oxygen atoms in total. The largest absolute Gasteiger partial charge is 0.339 e. The first kappa shape index (κ1) is 13.3. The maximum Gasteiger partial charge on any atom is 0.253 e. The minimum atomic E-state index is 0.205. The zero-order chi connectivity index (χ0) is 14.4. The average molecular weight is 284 g/mol. The van der Waals surface area contributed by atoms with Gasteiger partial charge in [-0.05, 0) is 68.2 Å². The number of benzene rings is 1. The number of amides is 1. The normalized spacial score (nSPS) is 30.2. The molecule has 2 bridgehead atoms. The zero-order valence-electron chi connectivity index (χ0n) is 12.8. The van der Waals surface area contributed by atoms with E-state index in [1.54, 1.807) is 0 Å². The van der Waals surface area contributed by atoms with Gasteiger partial charge in [0.2, 0.25) is 0 Å². The first-order chi connectivity index (χ1) is 10.2. The summed E-state index contributed by atoms with van der Waals surface area (Å²) in [6.07, 6.45) is 8.34. The van der Waals surface area contributed by atoms with E-state index in [9.17, 15) is 4.79 Å². The molecule has 0 radical (unpaired) electrons. The molecule has 2 aliphatic heterocycles. The molecule has 1 N–H and O–H groups in total. The Morgan fingerprint density at radius 2 is 1.86 bits per heavy atom. The van der Waals surface area contributed by atoms with Crippen LogP contribution >= 0.6 is 0 Å². The van der Waals surface area contributed by atoms with Crippen molar-refractivity contribution in [1.29, 1.82) is 0 Å². The van der Waals surface area contributed by atoms with Crippen molar-refractivity contribution in [2.24, 2.45) is 0 Å². The third-order valence-corrected chi connectivity index (χ3v) is 5.66. The lowest BCUT2D eigenvalue weighted by Crippen LogP contribution is -2.48. The molecule has 1 aromatic carbocycles. The highest BCUT2D eigenvalue weighted by Crippen LogP contribution is 2.30. The molecule has 1 aromatic rings. The Bertz CT molecular complexity index is 556. The Hall–Kier alpha value is -1.35. The first-order valence-electron chi connectivity index (χ1n) is 8.36. The summed E-state index contributed by atoms with van der Waals surface area (Å²) in [5.41, 5.74) is 3.71. The highest BCUT2D eigenvalue weighted by molar-refractivity contribution is 5.94. The van der Waals surface area contributed by atoms with Crippen molar-refractivity contribution in [2.75, 3.05) is 7.05 Å². The van der Waals surface area contributed by atoms with Crippen molar-refractivity contribution in [2.45, 2.75) is 63.1 Å². The quantitative estimate of drug-likeness (QED) is 0.905. The van der Waals surface area contributed by atoms with Crippen LogP contribution in [0.3, 0.4) is 0 Å². The molecule has 2 saturated heterocycles. The molecular formula is C18H24N2O. The molecule has 112 valence electrons. The van der Waals surface area contributed by atoms with Crippen LogP contribution in [0.25, 0.3) is 0 Å². The summed E-state index contributed by atoms with van der Waals surface area (Å²) in [5.74, 6) is 0.205. The predicted molar refractivity (Wildman–Crippen MR) is 83.5 cm³/mol. The SMILES string of the molecule is CN(C(=O)c1ccc2c(c1)CCC2)C1CC2CCC(C1)N2. The van der Waals surface area contributed by atoms with Gasteiger partial charge in [0.15, 0.2) is 0 Å². The van der Waals surface area contributed by atoms with Gasteiger partial charge in [0.25, 0.3) is 5.91 Å². The Morgan fingerprint density at radius 1 is 1.14 bits per heavy atom. The number of hydrogen-bond acceptors (Lipinski definition) is 2. The monoisotopic (exact) mass is 284 g/mol. The van der Waals surface area contributed by atoms with Crippen LogP contribution in [-0.2, 0) is 12.8 Å². The van der Waals surface area contributed by atoms with Crippen LogP contribution in [0.1, 0.15) is 53.6 Å². The summed E-state index contributed by atoms with van der Waals surface area (Å²) in [6, 6.07) is 7.99. The number of carbonyl (C=O) groups is 1. The lowest BCUT2D eigenvalue weighted by atomic mass is 9.97. The standard InChI is InChI=1S/C18H24N2O/c1-20(17-10-15-7-8-16(11-17)19-15)18(21)14-6-5-12-3-2-4-13(12)9-14/h5-6,9,15-17,19H,2-4,7-8,10-11H2,1H3. The van der Waals surface area contributed by atoms with Gasteiger partial charge in [0, 0.05) is 30.7 Å². The van der Waals surface area contributed by atoms with Gasteiger partial charge in [0.1, 0.15) is 0 Å². The van der Waals surface area contributed by atoms with Crippen molar-refractivity contribution in [3.8, 4) is 0 Å². The number of nitrogens with zero attached hydrogens (tertiary/aromatic N) is 1. The Labute approximate surface area is 126 Å². The number of nitrogens with one attached hydrogen (secondary N) is 1. The number of carbonyl (C=O) groups excluding carboxylic acids is 1. The maximum absolute atomic E-state index is 12.8. The molecule has 21 heavy (non-hydrogen) atoms. The first-order valence-corrected chi connectivity index (χ1v) is 8.36. The van der Waals surface area contributed by atoms with Gasteiger partial charge in [-0.25, -0.2) is 0 Å². The second-order valence-corrected chi connectivity index (χ2v) is 7.02. The van der Waals surface area contributed by atoms with E-state index in [2.05, 4.69) is 17.4 Å². The molecule has 2 atom stereocenters. The Kier molecular flexibility index (Phi) is 3.26. The van der Waals surface area contributed by atoms with Gasteiger partial charge >= 0.3 is 0 Å². The van der Waals surface area contributed by atoms with Gasteiger partial charge in [-0.3, -0.25) is 4.79 Å². The molecule has 2 unspecified atom stereocenters. The highest BCUT2D eigenvalue weighted by Gasteiger charge is 2.36. The van der Waals surface area contributed by atoms with Crippen LogP contribution in [0.5, 0.6) is 0 Å². The number of rotatable bonds is 2.